The van der Waals surface area contributed by atoms with Gasteiger partial charge in [-0.1, -0.05) is 67.6 Å². The number of carbonyl (C=O) groups excluding carboxylic acids is 2. The van der Waals surface area contributed by atoms with Crippen LogP contribution in [0.4, 0.5) is 21.0 Å². The van der Waals surface area contributed by atoms with E-state index in [4.69, 9.17) is 14.2 Å². The first-order valence-electron chi connectivity index (χ1n) is 13.4. The Morgan fingerprint density at radius 2 is 1.44 bits per heavy atom. The molecule has 0 saturated carbocycles. The Labute approximate surface area is 239 Å². The number of carbonyl (C=O) groups is 2. The van der Waals surface area contributed by atoms with Gasteiger partial charge in [0.05, 0.1) is 32.0 Å². The van der Waals surface area contributed by atoms with Crippen molar-refractivity contribution in [3.05, 3.63) is 120 Å². The standard InChI is InChI=1S/C33H33N3O5/c1-22-30(35-33(38)41-21-23-10-6-4-7-11-23)28-20-27(40-3)18-19-29(28)36(31(22)24-12-8-5-9-13-24)32(37)34-25-14-16-26(39-2)17-15-25/h4-20,22,30-31H,21H2,1-3H3,(H,34,37)(H,35,38)/t22-,30-,31-/m0/s1. The fourth-order valence-corrected chi connectivity index (χ4v) is 5.28. The number of fused-ring (bicyclic) bond motifs is 1. The minimum atomic E-state index is -0.539. The summed E-state index contributed by atoms with van der Waals surface area (Å²) in [5.74, 6) is 1.08. The first-order chi connectivity index (χ1) is 20.0. The van der Waals surface area contributed by atoms with Crippen molar-refractivity contribution in [2.45, 2.75) is 25.6 Å². The van der Waals surface area contributed by atoms with E-state index in [1.807, 2.05) is 85.8 Å². The Balaban J connectivity index is 1.51. The first kappa shape index (κ1) is 27.6. The van der Waals surface area contributed by atoms with Gasteiger partial charge >= 0.3 is 12.1 Å². The minimum absolute atomic E-state index is 0.150. The highest BCUT2D eigenvalue weighted by Gasteiger charge is 2.43. The summed E-state index contributed by atoms with van der Waals surface area (Å²) in [4.78, 5) is 28.8. The maximum atomic E-state index is 14.0. The fraction of sp³-hybridized carbons (Fsp3) is 0.212. The van der Waals surface area contributed by atoms with Crippen LogP contribution in [-0.2, 0) is 11.3 Å². The lowest BCUT2D eigenvalue weighted by atomic mass is 9.79. The number of amides is 3. The molecule has 0 unspecified atom stereocenters. The SMILES string of the molecule is COc1ccc(NC(=O)N2c3ccc(OC)cc3[C@@H](NC(=O)OCc3ccccc3)[C@H](C)[C@H]2c2ccccc2)cc1. The number of nitrogens with one attached hydrogen (secondary N) is 2. The summed E-state index contributed by atoms with van der Waals surface area (Å²) in [5.41, 5.74) is 3.89. The first-order valence-corrected chi connectivity index (χ1v) is 13.4. The van der Waals surface area contributed by atoms with Crippen molar-refractivity contribution in [1.82, 2.24) is 5.32 Å². The molecule has 0 bridgehead atoms. The van der Waals surface area contributed by atoms with Gasteiger partial charge in [-0.05, 0) is 53.6 Å². The van der Waals surface area contributed by atoms with Crippen LogP contribution in [0.15, 0.2) is 103 Å². The summed E-state index contributed by atoms with van der Waals surface area (Å²) < 4.78 is 16.4. The molecule has 0 radical (unpaired) electrons. The van der Waals surface area contributed by atoms with Crippen LogP contribution in [-0.4, -0.2) is 26.3 Å². The third kappa shape index (κ3) is 6.11. The van der Waals surface area contributed by atoms with Crippen molar-refractivity contribution in [3.8, 4) is 11.5 Å². The lowest BCUT2D eigenvalue weighted by Gasteiger charge is -2.45. The highest BCUT2D eigenvalue weighted by Crippen LogP contribution is 2.48. The molecule has 0 aromatic heterocycles. The number of rotatable bonds is 7. The molecule has 0 saturated heterocycles. The number of alkyl carbamates (subject to hydrolysis) is 1. The monoisotopic (exact) mass is 551 g/mol. The molecular weight excluding hydrogens is 518 g/mol. The van der Waals surface area contributed by atoms with Crippen LogP contribution in [0.2, 0.25) is 0 Å². The molecule has 4 aromatic carbocycles. The van der Waals surface area contributed by atoms with Crippen LogP contribution in [0.5, 0.6) is 11.5 Å². The molecule has 1 aliphatic heterocycles. The highest BCUT2D eigenvalue weighted by molar-refractivity contribution is 6.03. The second kappa shape index (κ2) is 12.5. The van der Waals surface area contributed by atoms with Crippen LogP contribution >= 0.6 is 0 Å². The van der Waals surface area contributed by atoms with E-state index in [1.165, 1.54) is 0 Å². The zero-order valence-corrected chi connectivity index (χ0v) is 23.2. The smallest absolute Gasteiger partial charge is 0.407 e. The second-order valence-corrected chi connectivity index (χ2v) is 9.85. The van der Waals surface area contributed by atoms with E-state index in [1.54, 1.807) is 43.4 Å². The third-order valence-corrected chi connectivity index (χ3v) is 7.32. The summed E-state index contributed by atoms with van der Waals surface area (Å²) in [6.07, 6.45) is -0.539. The lowest BCUT2D eigenvalue weighted by Crippen LogP contribution is -2.49. The summed E-state index contributed by atoms with van der Waals surface area (Å²) >= 11 is 0. The number of urea groups is 1. The zero-order chi connectivity index (χ0) is 28.8. The van der Waals surface area contributed by atoms with Gasteiger partial charge in [-0.15, -0.1) is 0 Å². The molecule has 3 amide bonds. The van der Waals surface area contributed by atoms with Crippen LogP contribution < -0.4 is 25.0 Å². The molecule has 0 aliphatic carbocycles. The fourth-order valence-electron chi connectivity index (χ4n) is 5.28. The van der Waals surface area contributed by atoms with Crippen molar-refractivity contribution in [3.63, 3.8) is 0 Å². The van der Waals surface area contributed by atoms with E-state index >= 15 is 0 Å². The Morgan fingerprint density at radius 1 is 0.805 bits per heavy atom. The topological polar surface area (TPSA) is 89.1 Å². The molecule has 0 spiro atoms. The molecule has 1 aliphatic rings. The van der Waals surface area contributed by atoms with E-state index in [-0.39, 0.29) is 18.6 Å². The van der Waals surface area contributed by atoms with Crippen molar-refractivity contribution in [2.24, 2.45) is 5.92 Å². The molecule has 41 heavy (non-hydrogen) atoms. The van der Waals surface area contributed by atoms with E-state index in [9.17, 15) is 9.59 Å². The van der Waals surface area contributed by atoms with E-state index in [0.29, 0.717) is 22.9 Å². The second-order valence-electron chi connectivity index (χ2n) is 9.85. The Bertz CT molecular complexity index is 1480. The van der Waals surface area contributed by atoms with Gasteiger partial charge in [0.2, 0.25) is 0 Å². The predicted octanol–water partition coefficient (Wildman–Crippen LogP) is 7.10. The third-order valence-electron chi connectivity index (χ3n) is 7.32. The van der Waals surface area contributed by atoms with Gasteiger partial charge in [0, 0.05) is 17.2 Å². The maximum Gasteiger partial charge on any atom is 0.407 e. The summed E-state index contributed by atoms with van der Waals surface area (Å²) in [5, 5.41) is 6.11. The van der Waals surface area contributed by atoms with Gasteiger partial charge in [-0.3, -0.25) is 4.90 Å². The normalized spacial score (nSPS) is 17.6. The quantitative estimate of drug-likeness (QED) is 0.256. The Morgan fingerprint density at radius 3 is 2.10 bits per heavy atom. The van der Waals surface area contributed by atoms with Gasteiger partial charge in [0.1, 0.15) is 18.1 Å². The van der Waals surface area contributed by atoms with E-state index < -0.39 is 18.2 Å². The lowest BCUT2D eigenvalue weighted by molar-refractivity contribution is 0.130. The van der Waals surface area contributed by atoms with Gasteiger partial charge < -0.3 is 24.8 Å². The van der Waals surface area contributed by atoms with E-state index in [2.05, 4.69) is 10.6 Å². The summed E-state index contributed by atoms with van der Waals surface area (Å²) in [6, 6.07) is 30.9. The largest absolute Gasteiger partial charge is 0.497 e. The van der Waals surface area contributed by atoms with Crippen LogP contribution in [0.3, 0.4) is 0 Å². The van der Waals surface area contributed by atoms with Gasteiger partial charge in [-0.2, -0.15) is 0 Å². The molecule has 8 nitrogen and oxygen atoms in total. The van der Waals surface area contributed by atoms with Crippen molar-refractivity contribution >= 4 is 23.5 Å². The maximum absolute atomic E-state index is 14.0. The number of hydrogen-bond donors (Lipinski definition) is 2. The van der Waals surface area contributed by atoms with Crippen molar-refractivity contribution < 1.29 is 23.8 Å². The van der Waals surface area contributed by atoms with Crippen molar-refractivity contribution in [1.29, 1.82) is 0 Å². The average molecular weight is 552 g/mol. The Hall–Kier alpha value is -4.98. The number of benzene rings is 4. The molecule has 0 fully saturated rings. The van der Waals surface area contributed by atoms with Gasteiger partial charge in [0.25, 0.3) is 0 Å². The Kier molecular flexibility index (Phi) is 8.39. The molecule has 3 atom stereocenters. The van der Waals surface area contributed by atoms with Crippen LogP contribution in [0.25, 0.3) is 0 Å². The average Bonchev–Trinajstić information content (AvgIpc) is 3.02. The highest BCUT2D eigenvalue weighted by atomic mass is 16.5. The van der Waals surface area contributed by atoms with Gasteiger partial charge in [-0.25, -0.2) is 9.59 Å². The molecule has 4 aromatic rings. The number of nitrogens with zero attached hydrogens (tertiary/aromatic N) is 1. The summed E-state index contributed by atoms with van der Waals surface area (Å²) in [7, 11) is 3.19. The molecule has 210 valence electrons. The minimum Gasteiger partial charge on any atom is -0.497 e. The molecular formula is C33H33N3O5. The molecule has 5 rings (SSSR count). The molecule has 2 N–H and O–H groups in total. The summed E-state index contributed by atoms with van der Waals surface area (Å²) in [6.45, 7) is 2.17. The molecule has 1 heterocycles. The van der Waals surface area contributed by atoms with E-state index in [0.717, 1.165) is 16.7 Å². The van der Waals surface area contributed by atoms with Crippen LogP contribution in [0, 0.1) is 5.92 Å². The zero-order valence-electron chi connectivity index (χ0n) is 23.2. The predicted molar refractivity (Wildman–Crippen MR) is 158 cm³/mol. The number of methoxy groups -OCH3 is 2. The number of hydrogen-bond acceptors (Lipinski definition) is 5. The van der Waals surface area contributed by atoms with Crippen LogP contribution in [0.1, 0.15) is 35.7 Å². The number of anilines is 2. The number of ether oxygens (including phenoxy) is 3. The van der Waals surface area contributed by atoms with Gasteiger partial charge in [0.15, 0.2) is 0 Å². The molecule has 8 heteroatoms. The van der Waals surface area contributed by atoms with Crippen molar-refractivity contribution in [2.75, 3.05) is 24.4 Å².